The van der Waals surface area contributed by atoms with E-state index in [9.17, 15) is 4.79 Å². The number of nitrogens with zero attached hydrogens (tertiary/aromatic N) is 1. The Hall–Kier alpha value is -0.830. The minimum atomic E-state index is -0.678. The lowest BCUT2D eigenvalue weighted by Crippen LogP contribution is -2.40. The molecule has 1 aliphatic heterocycles. The van der Waals surface area contributed by atoms with Crippen molar-refractivity contribution in [1.82, 2.24) is 4.90 Å². The number of hydrogen-bond donors (Lipinski definition) is 1. The molecule has 1 rings (SSSR count). The van der Waals surface area contributed by atoms with E-state index in [4.69, 9.17) is 5.11 Å². The van der Waals surface area contributed by atoms with Gasteiger partial charge in [0.15, 0.2) is 0 Å². The molecule has 80 valence electrons. The SMILES string of the molecule is C=CC(C)N1CCCC(CC(=O)O)C1. The molecule has 0 bridgehead atoms. The van der Waals surface area contributed by atoms with E-state index in [-0.39, 0.29) is 0 Å². The molecule has 2 unspecified atom stereocenters. The third-order valence-corrected chi connectivity index (χ3v) is 2.93. The van der Waals surface area contributed by atoms with Gasteiger partial charge in [-0.1, -0.05) is 6.08 Å². The highest BCUT2D eigenvalue weighted by Gasteiger charge is 2.23. The molecule has 0 spiro atoms. The van der Waals surface area contributed by atoms with Crippen LogP contribution in [-0.4, -0.2) is 35.1 Å². The first-order valence-corrected chi connectivity index (χ1v) is 5.22. The van der Waals surface area contributed by atoms with Crippen LogP contribution in [0.4, 0.5) is 0 Å². The van der Waals surface area contributed by atoms with Gasteiger partial charge in [0.1, 0.15) is 0 Å². The van der Waals surface area contributed by atoms with Gasteiger partial charge in [0.25, 0.3) is 0 Å². The lowest BCUT2D eigenvalue weighted by molar-refractivity contribution is -0.138. The largest absolute Gasteiger partial charge is 0.481 e. The lowest BCUT2D eigenvalue weighted by atomic mass is 9.94. The van der Waals surface area contributed by atoms with Crippen LogP contribution < -0.4 is 0 Å². The topological polar surface area (TPSA) is 40.5 Å². The van der Waals surface area contributed by atoms with E-state index in [2.05, 4.69) is 18.4 Å². The summed E-state index contributed by atoms with van der Waals surface area (Å²) in [5.41, 5.74) is 0. The molecule has 3 heteroatoms. The summed E-state index contributed by atoms with van der Waals surface area (Å²) in [5, 5.41) is 8.71. The van der Waals surface area contributed by atoms with Crippen LogP contribution in [0, 0.1) is 5.92 Å². The molecule has 0 amide bonds. The number of carboxylic acid groups (broad SMARTS) is 1. The van der Waals surface area contributed by atoms with Crippen LogP contribution in [0.15, 0.2) is 12.7 Å². The van der Waals surface area contributed by atoms with Crippen molar-refractivity contribution in [2.75, 3.05) is 13.1 Å². The quantitative estimate of drug-likeness (QED) is 0.698. The molecule has 1 saturated heterocycles. The summed E-state index contributed by atoms with van der Waals surface area (Å²) in [4.78, 5) is 12.9. The maximum atomic E-state index is 10.6. The van der Waals surface area contributed by atoms with Crippen molar-refractivity contribution in [1.29, 1.82) is 0 Å². The van der Waals surface area contributed by atoms with E-state index in [0.29, 0.717) is 18.4 Å². The smallest absolute Gasteiger partial charge is 0.303 e. The molecule has 1 heterocycles. The number of aliphatic carboxylic acids is 1. The fraction of sp³-hybridized carbons (Fsp3) is 0.727. The van der Waals surface area contributed by atoms with Crippen molar-refractivity contribution in [2.45, 2.75) is 32.2 Å². The predicted octanol–water partition coefficient (Wildman–Crippen LogP) is 1.75. The molecule has 1 fully saturated rings. The van der Waals surface area contributed by atoms with Crippen molar-refractivity contribution < 1.29 is 9.90 Å². The molecule has 3 nitrogen and oxygen atoms in total. The number of hydrogen-bond acceptors (Lipinski definition) is 2. The molecular weight excluding hydrogens is 178 g/mol. The first-order valence-electron chi connectivity index (χ1n) is 5.22. The van der Waals surface area contributed by atoms with Crippen LogP contribution in [0.2, 0.25) is 0 Å². The fourth-order valence-electron chi connectivity index (χ4n) is 2.03. The first kappa shape index (κ1) is 11.2. The molecule has 14 heavy (non-hydrogen) atoms. The second-order valence-corrected chi connectivity index (χ2v) is 4.08. The van der Waals surface area contributed by atoms with Gasteiger partial charge >= 0.3 is 5.97 Å². The highest BCUT2D eigenvalue weighted by Crippen LogP contribution is 2.21. The summed E-state index contributed by atoms with van der Waals surface area (Å²) >= 11 is 0. The molecule has 0 aliphatic carbocycles. The Labute approximate surface area is 85.4 Å². The Morgan fingerprint density at radius 2 is 2.50 bits per heavy atom. The average molecular weight is 197 g/mol. The van der Waals surface area contributed by atoms with Crippen LogP contribution in [-0.2, 0) is 4.79 Å². The van der Waals surface area contributed by atoms with Gasteiger partial charge in [-0.05, 0) is 32.2 Å². The lowest BCUT2D eigenvalue weighted by Gasteiger charge is -2.35. The molecular formula is C11H19NO2. The first-order chi connectivity index (χ1) is 6.63. The molecule has 1 N–H and O–H groups in total. The molecule has 0 aromatic rings. The van der Waals surface area contributed by atoms with Gasteiger partial charge in [-0.3, -0.25) is 9.69 Å². The summed E-state index contributed by atoms with van der Waals surface area (Å²) in [6, 6.07) is 0.367. The number of carbonyl (C=O) groups is 1. The Bertz CT molecular complexity index is 215. The number of rotatable bonds is 4. The standard InChI is InChI=1S/C11H19NO2/c1-3-9(2)12-6-4-5-10(8-12)7-11(13)14/h3,9-10H,1,4-8H2,2H3,(H,13,14). The van der Waals surface area contributed by atoms with E-state index in [1.165, 1.54) is 0 Å². The van der Waals surface area contributed by atoms with Gasteiger partial charge in [0.2, 0.25) is 0 Å². The highest BCUT2D eigenvalue weighted by molar-refractivity contribution is 5.67. The molecule has 0 aromatic carbocycles. The zero-order valence-electron chi connectivity index (χ0n) is 8.78. The van der Waals surface area contributed by atoms with Crippen LogP contribution >= 0.6 is 0 Å². The van der Waals surface area contributed by atoms with Crippen molar-refractivity contribution in [3.8, 4) is 0 Å². The normalized spacial score (nSPS) is 25.6. The minimum Gasteiger partial charge on any atom is -0.481 e. The molecule has 0 aromatic heterocycles. The Morgan fingerprint density at radius 1 is 1.79 bits per heavy atom. The van der Waals surface area contributed by atoms with Crippen molar-refractivity contribution >= 4 is 5.97 Å². The van der Waals surface area contributed by atoms with Gasteiger partial charge in [-0.2, -0.15) is 0 Å². The van der Waals surface area contributed by atoms with Crippen molar-refractivity contribution in [3.63, 3.8) is 0 Å². The van der Waals surface area contributed by atoms with Crippen LogP contribution in [0.5, 0.6) is 0 Å². The summed E-state index contributed by atoms with van der Waals surface area (Å²) in [6.07, 6.45) is 4.38. The fourth-order valence-corrected chi connectivity index (χ4v) is 2.03. The van der Waals surface area contributed by atoms with E-state index in [1.807, 2.05) is 6.08 Å². The van der Waals surface area contributed by atoms with Crippen molar-refractivity contribution in [2.24, 2.45) is 5.92 Å². The third kappa shape index (κ3) is 3.14. The average Bonchev–Trinajstić information content (AvgIpc) is 2.16. The van der Waals surface area contributed by atoms with Crippen LogP contribution in [0.1, 0.15) is 26.2 Å². The van der Waals surface area contributed by atoms with E-state index in [1.54, 1.807) is 0 Å². The predicted molar refractivity (Wildman–Crippen MR) is 56.2 cm³/mol. The highest BCUT2D eigenvalue weighted by atomic mass is 16.4. The Kier molecular flexibility index (Phi) is 4.14. The van der Waals surface area contributed by atoms with Gasteiger partial charge in [0, 0.05) is 19.0 Å². The Balaban J connectivity index is 2.43. The molecule has 0 radical (unpaired) electrons. The van der Waals surface area contributed by atoms with Gasteiger partial charge in [-0.15, -0.1) is 6.58 Å². The van der Waals surface area contributed by atoms with Gasteiger partial charge < -0.3 is 5.11 Å². The number of carboxylic acids is 1. The molecule has 2 atom stereocenters. The maximum absolute atomic E-state index is 10.6. The summed E-state index contributed by atoms with van der Waals surface area (Å²) in [7, 11) is 0. The summed E-state index contributed by atoms with van der Waals surface area (Å²) in [6.45, 7) is 7.85. The summed E-state index contributed by atoms with van der Waals surface area (Å²) < 4.78 is 0. The van der Waals surface area contributed by atoms with Gasteiger partial charge in [-0.25, -0.2) is 0 Å². The van der Waals surface area contributed by atoms with Crippen LogP contribution in [0.3, 0.4) is 0 Å². The number of piperidine rings is 1. The molecule has 1 aliphatic rings. The third-order valence-electron chi connectivity index (χ3n) is 2.93. The second-order valence-electron chi connectivity index (χ2n) is 4.08. The van der Waals surface area contributed by atoms with E-state index < -0.39 is 5.97 Å². The monoisotopic (exact) mass is 197 g/mol. The van der Waals surface area contributed by atoms with E-state index in [0.717, 1.165) is 25.9 Å². The maximum Gasteiger partial charge on any atom is 0.303 e. The second kappa shape index (κ2) is 5.15. The Morgan fingerprint density at radius 3 is 3.07 bits per heavy atom. The zero-order chi connectivity index (χ0) is 10.6. The minimum absolute atomic E-state index is 0.306. The molecule has 0 saturated carbocycles. The van der Waals surface area contributed by atoms with Gasteiger partial charge in [0.05, 0.1) is 0 Å². The zero-order valence-corrected chi connectivity index (χ0v) is 8.78. The van der Waals surface area contributed by atoms with Crippen molar-refractivity contribution in [3.05, 3.63) is 12.7 Å². The summed E-state index contributed by atoms with van der Waals surface area (Å²) in [5.74, 6) is -0.355. The van der Waals surface area contributed by atoms with E-state index >= 15 is 0 Å². The van der Waals surface area contributed by atoms with Crippen LogP contribution in [0.25, 0.3) is 0 Å². The number of likely N-dealkylation sites (tertiary alicyclic amines) is 1.